The molecule has 0 saturated carbocycles. The highest BCUT2D eigenvalue weighted by Gasteiger charge is 2.54. The minimum Gasteiger partial charge on any atom is -0.460 e. The maximum Gasteiger partial charge on any atom is 0.341 e. The summed E-state index contributed by atoms with van der Waals surface area (Å²) in [7, 11) is 0. The molecule has 7 heteroatoms. The van der Waals surface area contributed by atoms with Gasteiger partial charge in [-0.05, 0) is 50.3 Å². The molecule has 0 spiro atoms. The maximum absolute atomic E-state index is 11.8. The molecule has 0 bridgehead atoms. The van der Waals surface area contributed by atoms with E-state index in [2.05, 4.69) is 0 Å². The van der Waals surface area contributed by atoms with E-state index in [9.17, 15) is 19.8 Å². The molecular weight excluding hydrogens is 379 g/mol. The van der Waals surface area contributed by atoms with E-state index >= 15 is 0 Å². The first-order valence-corrected chi connectivity index (χ1v) is 9.55. The number of benzene rings is 1. The molecule has 1 saturated heterocycles. The first kappa shape index (κ1) is 21.2. The van der Waals surface area contributed by atoms with Gasteiger partial charge in [0.25, 0.3) is 0 Å². The van der Waals surface area contributed by atoms with Crippen LogP contribution in [0.1, 0.15) is 51.0 Å². The lowest BCUT2D eigenvalue weighted by Gasteiger charge is -2.21. The second kappa shape index (κ2) is 9.18. The third-order valence-electron chi connectivity index (χ3n) is 4.74. The van der Waals surface area contributed by atoms with Crippen LogP contribution in [-0.2, 0) is 20.7 Å². The quantitative estimate of drug-likeness (QED) is 0.487. The average Bonchev–Trinajstić information content (AvgIpc) is 2.87. The van der Waals surface area contributed by atoms with E-state index in [1.807, 2.05) is 12.1 Å². The molecule has 1 aromatic rings. The van der Waals surface area contributed by atoms with E-state index in [1.54, 1.807) is 6.07 Å². The third kappa shape index (κ3) is 5.19. The van der Waals surface area contributed by atoms with Crippen LogP contribution < -0.4 is 0 Å². The van der Waals surface area contributed by atoms with Crippen LogP contribution in [0.15, 0.2) is 18.2 Å². The molecule has 144 valence electrons. The van der Waals surface area contributed by atoms with Gasteiger partial charge in [-0.15, -0.1) is 0 Å². The molecule has 2 rings (SSSR count). The van der Waals surface area contributed by atoms with Crippen LogP contribution in [0.4, 0.5) is 0 Å². The number of ether oxygens (including phenoxy) is 1. The number of carbonyl (C=O) groups excluding carboxylic acids is 2. The van der Waals surface area contributed by atoms with Gasteiger partial charge in [-0.3, -0.25) is 4.79 Å². The van der Waals surface area contributed by atoms with E-state index in [0.29, 0.717) is 16.5 Å². The molecule has 0 amide bonds. The van der Waals surface area contributed by atoms with Gasteiger partial charge in [0, 0.05) is 16.5 Å². The van der Waals surface area contributed by atoms with Crippen LogP contribution in [0.5, 0.6) is 0 Å². The van der Waals surface area contributed by atoms with Crippen LogP contribution >= 0.6 is 23.2 Å². The number of esters is 1. The van der Waals surface area contributed by atoms with Gasteiger partial charge in [0.05, 0.1) is 0 Å². The Hall–Kier alpha value is -1.14. The largest absolute Gasteiger partial charge is 0.460 e. The van der Waals surface area contributed by atoms with Gasteiger partial charge in [-0.1, -0.05) is 42.1 Å². The van der Waals surface area contributed by atoms with Gasteiger partial charge < -0.3 is 14.9 Å². The number of carbonyl (C=O) groups is 2. The number of ketones is 1. The Morgan fingerprint density at radius 3 is 2.65 bits per heavy atom. The number of rotatable bonds is 9. The summed E-state index contributed by atoms with van der Waals surface area (Å²) in [6.07, 6.45) is 2.99. The molecule has 1 aliphatic rings. The van der Waals surface area contributed by atoms with Crippen LogP contribution in [0, 0.1) is 0 Å². The molecular formula is C19H24Cl2O5. The normalized spacial score (nSPS) is 23.7. The Kier molecular flexibility index (Phi) is 7.47. The van der Waals surface area contributed by atoms with Crippen LogP contribution in [0.3, 0.4) is 0 Å². The van der Waals surface area contributed by atoms with Crippen molar-refractivity contribution in [1.29, 1.82) is 0 Å². The van der Waals surface area contributed by atoms with Crippen LogP contribution in [0.2, 0.25) is 10.0 Å². The number of aryl methyl sites for hydroxylation is 1. The van der Waals surface area contributed by atoms with E-state index in [1.165, 1.54) is 0 Å². The van der Waals surface area contributed by atoms with Gasteiger partial charge in [-0.25, -0.2) is 4.79 Å². The first-order chi connectivity index (χ1) is 12.2. The SMILES string of the molecule is CC(=O)C(O)C1(O)CC(CCCCCCc2ccc(Cl)cc2Cl)OC1=O. The van der Waals surface area contributed by atoms with Crippen molar-refractivity contribution in [3.05, 3.63) is 33.8 Å². The molecule has 0 aromatic heterocycles. The number of Topliss-reactive ketones (excluding diaryl/α,β-unsaturated/α-hetero) is 1. The van der Waals surface area contributed by atoms with Gasteiger partial charge in [0.1, 0.15) is 6.10 Å². The summed E-state index contributed by atoms with van der Waals surface area (Å²) in [4.78, 5) is 23.0. The summed E-state index contributed by atoms with van der Waals surface area (Å²) >= 11 is 12.0. The molecule has 1 heterocycles. The molecule has 5 nitrogen and oxygen atoms in total. The lowest BCUT2D eigenvalue weighted by atomic mass is 9.89. The molecule has 1 aliphatic heterocycles. The van der Waals surface area contributed by atoms with Crippen molar-refractivity contribution in [3.63, 3.8) is 0 Å². The fourth-order valence-electron chi connectivity index (χ4n) is 3.21. The van der Waals surface area contributed by atoms with Crippen molar-refractivity contribution in [3.8, 4) is 0 Å². The minimum atomic E-state index is -2.11. The lowest BCUT2D eigenvalue weighted by molar-refractivity contribution is -0.168. The van der Waals surface area contributed by atoms with Crippen molar-refractivity contribution in [1.82, 2.24) is 0 Å². The van der Waals surface area contributed by atoms with Crippen molar-refractivity contribution in [2.24, 2.45) is 0 Å². The molecule has 0 radical (unpaired) electrons. The Bertz CT molecular complexity index is 663. The molecule has 1 fully saturated rings. The van der Waals surface area contributed by atoms with Crippen molar-refractivity contribution >= 4 is 35.0 Å². The second-order valence-corrected chi connectivity index (χ2v) is 7.70. The Balaban J connectivity index is 1.67. The van der Waals surface area contributed by atoms with E-state index in [4.69, 9.17) is 27.9 Å². The van der Waals surface area contributed by atoms with Gasteiger partial charge in [-0.2, -0.15) is 0 Å². The fourth-order valence-corrected chi connectivity index (χ4v) is 3.71. The van der Waals surface area contributed by atoms with E-state index in [-0.39, 0.29) is 6.42 Å². The zero-order valence-electron chi connectivity index (χ0n) is 14.7. The summed E-state index contributed by atoms with van der Waals surface area (Å²) in [5, 5.41) is 21.3. The molecule has 26 heavy (non-hydrogen) atoms. The smallest absolute Gasteiger partial charge is 0.341 e. The molecule has 2 N–H and O–H groups in total. The average molecular weight is 403 g/mol. The lowest BCUT2D eigenvalue weighted by Crippen LogP contribution is -2.50. The highest BCUT2D eigenvalue weighted by Crippen LogP contribution is 2.32. The molecule has 3 unspecified atom stereocenters. The predicted molar refractivity (Wildman–Crippen MR) is 99.4 cm³/mol. The zero-order chi connectivity index (χ0) is 19.3. The van der Waals surface area contributed by atoms with E-state index < -0.39 is 29.6 Å². The van der Waals surface area contributed by atoms with Crippen molar-refractivity contribution < 1.29 is 24.5 Å². The Morgan fingerprint density at radius 2 is 2.00 bits per heavy atom. The maximum atomic E-state index is 11.8. The van der Waals surface area contributed by atoms with Crippen LogP contribution in [0.25, 0.3) is 0 Å². The van der Waals surface area contributed by atoms with Crippen LogP contribution in [-0.4, -0.2) is 39.8 Å². The highest BCUT2D eigenvalue weighted by molar-refractivity contribution is 6.35. The number of aliphatic hydroxyl groups is 2. The number of halogens is 2. The first-order valence-electron chi connectivity index (χ1n) is 8.80. The summed E-state index contributed by atoms with van der Waals surface area (Å²) in [5.74, 6) is -1.56. The van der Waals surface area contributed by atoms with Gasteiger partial charge in [0.2, 0.25) is 0 Å². The van der Waals surface area contributed by atoms with Gasteiger partial charge in [0.15, 0.2) is 17.5 Å². The van der Waals surface area contributed by atoms with E-state index in [0.717, 1.165) is 44.6 Å². The minimum absolute atomic E-state index is 0.0486. The topological polar surface area (TPSA) is 83.8 Å². The monoisotopic (exact) mass is 402 g/mol. The Labute approximate surface area is 163 Å². The second-order valence-electron chi connectivity index (χ2n) is 6.86. The Morgan fingerprint density at radius 1 is 1.31 bits per heavy atom. The fraction of sp³-hybridized carbons (Fsp3) is 0.579. The molecule has 0 aliphatic carbocycles. The standard InChI is InChI=1S/C19H24Cl2O5/c1-12(22)17(23)19(25)11-15(26-18(19)24)7-5-3-2-4-6-13-8-9-14(20)10-16(13)21/h8-10,15,17,23,25H,2-7,11H2,1H3. The summed E-state index contributed by atoms with van der Waals surface area (Å²) in [6.45, 7) is 1.14. The number of hydrogen-bond acceptors (Lipinski definition) is 5. The number of unbranched alkanes of at least 4 members (excludes halogenated alkanes) is 3. The van der Waals surface area contributed by atoms with Gasteiger partial charge >= 0.3 is 5.97 Å². The highest BCUT2D eigenvalue weighted by atomic mass is 35.5. The van der Waals surface area contributed by atoms with Crippen molar-refractivity contribution in [2.75, 3.05) is 0 Å². The summed E-state index contributed by atoms with van der Waals surface area (Å²) in [5.41, 5.74) is -1.04. The summed E-state index contributed by atoms with van der Waals surface area (Å²) in [6, 6.07) is 5.50. The number of cyclic esters (lactones) is 1. The van der Waals surface area contributed by atoms with Crippen molar-refractivity contribution in [2.45, 2.75) is 69.7 Å². The predicted octanol–water partition coefficient (Wildman–Crippen LogP) is 3.48. The zero-order valence-corrected chi connectivity index (χ0v) is 16.2. The summed E-state index contributed by atoms with van der Waals surface area (Å²) < 4.78 is 5.12. The number of hydrogen-bond donors (Lipinski definition) is 2. The third-order valence-corrected chi connectivity index (χ3v) is 5.33. The number of aliphatic hydroxyl groups excluding tert-OH is 1. The molecule has 1 aromatic carbocycles. The molecule has 3 atom stereocenters.